The van der Waals surface area contributed by atoms with Gasteiger partial charge in [0.1, 0.15) is 12.4 Å². The number of nitrogens with two attached hydrogens (primary N) is 1. The molecule has 0 bridgehead atoms. The van der Waals surface area contributed by atoms with Gasteiger partial charge in [-0.15, -0.1) is 0 Å². The topological polar surface area (TPSA) is 64.8 Å². The number of rotatable bonds is 4. The van der Waals surface area contributed by atoms with E-state index in [0.717, 1.165) is 22.0 Å². The van der Waals surface area contributed by atoms with E-state index in [1.807, 2.05) is 36.5 Å². The fourth-order valence-corrected chi connectivity index (χ4v) is 2.17. The van der Waals surface area contributed by atoms with Crippen LogP contribution < -0.4 is 4.74 Å². The van der Waals surface area contributed by atoms with Crippen molar-refractivity contribution in [1.29, 1.82) is 0 Å². The van der Waals surface area contributed by atoms with Crippen molar-refractivity contribution in [3.8, 4) is 5.75 Å². The molecule has 0 unspecified atom stereocenters. The normalized spacial score (nSPS) is 9.82. The Hall–Kier alpha value is -1.19. The summed E-state index contributed by atoms with van der Waals surface area (Å²) in [6, 6.07) is 14.2. The minimum Gasteiger partial charge on any atom is -0.693 e. The number of fused-ring (bicyclic) bond motifs is 3. The van der Waals surface area contributed by atoms with Crippen LogP contribution in [-0.2, 0) is 23.5 Å². The van der Waals surface area contributed by atoms with E-state index in [2.05, 4.69) is 26.5 Å². The molecule has 1 aromatic heterocycles. The quantitative estimate of drug-likeness (QED) is 0.382. The molecular weight excluding hydrogens is 483 g/mol. The van der Waals surface area contributed by atoms with Gasteiger partial charge in [0.25, 0.3) is 0 Å². The zero-order chi connectivity index (χ0) is 15.1. The van der Waals surface area contributed by atoms with Crippen LogP contribution in [0.25, 0.3) is 27.8 Å². The average Bonchev–Trinajstić information content (AvgIpc) is 2.57. The van der Waals surface area contributed by atoms with Gasteiger partial charge >= 0.3 is 28.2 Å². The Morgan fingerprint density at radius 2 is 1.82 bits per heavy atom. The second-order valence-corrected chi connectivity index (χ2v) is 4.37. The van der Waals surface area contributed by atoms with Gasteiger partial charge in [0.15, 0.2) is 0 Å². The Bertz CT molecular complexity index is 725. The van der Waals surface area contributed by atoms with Crippen LogP contribution in [0.2, 0.25) is 0 Å². The van der Waals surface area contributed by atoms with Crippen LogP contribution in [0.1, 0.15) is 0 Å². The summed E-state index contributed by atoms with van der Waals surface area (Å²) in [5.41, 5.74) is 0.984. The first kappa shape index (κ1) is 18.9. The fraction of sp³-hybridized carbons (Fsp3) is 0.188. The van der Waals surface area contributed by atoms with Crippen LogP contribution in [0.3, 0.4) is 0 Å². The molecule has 0 saturated heterocycles. The molecule has 22 heavy (non-hydrogen) atoms. The molecule has 0 spiro atoms. The molecule has 2 aromatic carbocycles. The molecular formula is C16H17ClN2O2Pt. The van der Waals surface area contributed by atoms with Crippen LogP contribution in [0, 0.1) is 0 Å². The van der Waals surface area contributed by atoms with Crippen molar-refractivity contribution in [2.45, 2.75) is 0 Å². The van der Waals surface area contributed by atoms with Crippen molar-refractivity contribution < 1.29 is 28.2 Å². The summed E-state index contributed by atoms with van der Waals surface area (Å²) in [5.74, 6) is 0.850. The van der Waals surface area contributed by atoms with Gasteiger partial charge in [-0.1, -0.05) is 24.3 Å². The van der Waals surface area contributed by atoms with E-state index in [4.69, 9.17) is 9.47 Å². The van der Waals surface area contributed by atoms with Crippen LogP contribution in [0.5, 0.6) is 5.75 Å². The summed E-state index contributed by atoms with van der Waals surface area (Å²) in [4.78, 5) is 4.47. The third kappa shape index (κ3) is 4.40. The van der Waals surface area contributed by atoms with Gasteiger partial charge in [-0.25, -0.2) is 0 Å². The second-order valence-electron chi connectivity index (χ2n) is 4.37. The summed E-state index contributed by atoms with van der Waals surface area (Å²) in [7, 11) is 6.28. The zero-order valence-corrected chi connectivity index (χ0v) is 15.1. The van der Waals surface area contributed by atoms with Crippen LogP contribution in [-0.4, -0.2) is 25.3 Å². The predicted octanol–water partition coefficient (Wildman–Crippen LogP) is 4.82. The van der Waals surface area contributed by atoms with Crippen LogP contribution in [0.4, 0.5) is 0 Å². The molecule has 0 saturated carbocycles. The number of halogens is 1. The molecule has 0 aliphatic rings. The smallest absolute Gasteiger partial charge is 0.693 e. The summed E-state index contributed by atoms with van der Waals surface area (Å²) in [6.07, 6.45) is 1.91. The Kier molecular flexibility index (Phi) is 8.36. The van der Waals surface area contributed by atoms with E-state index >= 15 is 0 Å². The number of pyridine rings is 1. The summed E-state index contributed by atoms with van der Waals surface area (Å²) >= 11 is 1.61. The standard InChI is InChI=1S/C16H15NO2.ClH.H2N.Pt/c1-18-8-9-19-13-6-7-16-15(10-13)14-5-3-2-4-12(14)11-17-16;;;/h2-7,10-11H,8-9H2,1H3;1H;1H2;/q;;-1;+2/p-1. The van der Waals surface area contributed by atoms with Crippen molar-refractivity contribution in [2.24, 2.45) is 0 Å². The number of methoxy groups -OCH3 is 1. The SMILES string of the molecule is COCCOc1ccc2ncc3ccccc3c2c1.[Cl][Pt+].[NH2-]. The minimum absolute atomic E-state index is 0. The molecule has 0 aliphatic carbocycles. The van der Waals surface area contributed by atoms with Crippen molar-refractivity contribution in [2.75, 3.05) is 20.3 Å². The van der Waals surface area contributed by atoms with Gasteiger partial charge < -0.3 is 15.6 Å². The largest absolute Gasteiger partial charge is 0.693 e. The number of nitrogens with zero attached hydrogens (tertiary/aromatic N) is 1. The van der Waals surface area contributed by atoms with E-state index in [9.17, 15) is 0 Å². The first-order chi connectivity index (χ1) is 10.4. The monoisotopic (exact) mass is 499 g/mol. The Labute approximate surface area is 145 Å². The maximum Gasteiger partial charge on any atom is -0.693 e. The first-order valence-electron chi connectivity index (χ1n) is 6.40. The Balaban J connectivity index is 0.000000775. The molecule has 0 fully saturated rings. The third-order valence-corrected chi connectivity index (χ3v) is 3.12. The molecule has 0 aliphatic heterocycles. The fourth-order valence-electron chi connectivity index (χ4n) is 2.17. The van der Waals surface area contributed by atoms with Gasteiger partial charge in [-0.05, 0) is 23.6 Å². The Morgan fingerprint density at radius 1 is 1.05 bits per heavy atom. The van der Waals surface area contributed by atoms with Crippen LogP contribution in [0.15, 0.2) is 48.7 Å². The minimum atomic E-state index is 0. The van der Waals surface area contributed by atoms with E-state index in [1.165, 1.54) is 5.39 Å². The van der Waals surface area contributed by atoms with Crippen molar-refractivity contribution >= 4 is 31.1 Å². The third-order valence-electron chi connectivity index (χ3n) is 3.12. The summed E-state index contributed by atoms with van der Waals surface area (Å²) in [6.45, 7) is 1.14. The zero-order valence-electron chi connectivity index (χ0n) is 12.1. The van der Waals surface area contributed by atoms with Gasteiger partial charge in [0.2, 0.25) is 0 Å². The average molecular weight is 500 g/mol. The maximum absolute atomic E-state index is 5.65. The van der Waals surface area contributed by atoms with Crippen LogP contribution >= 0.6 is 9.42 Å². The van der Waals surface area contributed by atoms with E-state index in [-0.39, 0.29) is 6.15 Å². The maximum atomic E-state index is 5.65. The molecule has 6 heteroatoms. The van der Waals surface area contributed by atoms with Crippen molar-refractivity contribution in [3.63, 3.8) is 0 Å². The molecule has 0 amide bonds. The predicted molar refractivity (Wildman–Crippen MR) is 87.8 cm³/mol. The second kappa shape index (κ2) is 9.75. The number of hydrogen-bond donors (Lipinski definition) is 0. The molecule has 2 N–H and O–H groups in total. The number of hydrogen-bond acceptors (Lipinski definition) is 3. The summed E-state index contributed by atoms with van der Waals surface area (Å²) in [5, 5.41) is 3.46. The molecule has 4 nitrogen and oxygen atoms in total. The van der Waals surface area contributed by atoms with Gasteiger partial charge in [-0.2, -0.15) is 0 Å². The molecule has 0 radical (unpaired) electrons. The number of ether oxygens (including phenoxy) is 2. The van der Waals surface area contributed by atoms with E-state index in [1.54, 1.807) is 25.9 Å². The number of benzene rings is 2. The molecule has 3 aromatic rings. The molecule has 3 rings (SSSR count). The first-order valence-corrected chi connectivity index (χ1v) is 9.21. The van der Waals surface area contributed by atoms with Crippen molar-refractivity contribution in [3.05, 3.63) is 54.8 Å². The molecule has 1 heterocycles. The van der Waals surface area contributed by atoms with Gasteiger partial charge in [-0.3, -0.25) is 4.98 Å². The van der Waals surface area contributed by atoms with E-state index in [0.29, 0.717) is 13.2 Å². The van der Waals surface area contributed by atoms with Gasteiger partial charge in [0.05, 0.1) is 12.1 Å². The molecule has 120 valence electrons. The molecule has 0 atom stereocenters. The van der Waals surface area contributed by atoms with Crippen molar-refractivity contribution in [1.82, 2.24) is 4.98 Å². The summed E-state index contributed by atoms with van der Waals surface area (Å²) < 4.78 is 10.6. The number of aromatic nitrogens is 1. The van der Waals surface area contributed by atoms with E-state index < -0.39 is 0 Å². The Morgan fingerprint density at radius 3 is 2.59 bits per heavy atom. The van der Waals surface area contributed by atoms with Gasteiger partial charge in [0, 0.05) is 24.1 Å².